The SMILES string of the molecule is Clc1cccc(Cl)c1CSc1nc2sc3c(c2c2ncnn12)CCCC3. The molecule has 0 aliphatic heterocycles. The number of halogens is 2. The van der Waals surface area contributed by atoms with Gasteiger partial charge in [0.05, 0.1) is 5.39 Å². The Balaban J connectivity index is 1.60. The van der Waals surface area contributed by atoms with Crippen LogP contribution in [0.1, 0.15) is 28.8 Å². The molecule has 4 nitrogen and oxygen atoms in total. The van der Waals surface area contributed by atoms with Crippen LogP contribution >= 0.6 is 46.3 Å². The number of thiophene rings is 1. The summed E-state index contributed by atoms with van der Waals surface area (Å²) in [6.45, 7) is 0. The van der Waals surface area contributed by atoms with Crippen molar-refractivity contribution in [3.8, 4) is 0 Å². The summed E-state index contributed by atoms with van der Waals surface area (Å²) < 4.78 is 1.85. The average Bonchev–Trinajstić information content (AvgIpc) is 3.25. The van der Waals surface area contributed by atoms with E-state index >= 15 is 0 Å². The van der Waals surface area contributed by atoms with Crippen LogP contribution in [0.2, 0.25) is 10.0 Å². The quantitative estimate of drug-likeness (QED) is 0.309. The number of aryl methyl sites for hydroxylation is 2. The highest BCUT2D eigenvalue weighted by Gasteiger charge is 2.22. The van der Waals surface area contributed by atoms with Gasteiger partial charge in [-0.25, -0.2) is 9.97 Å². The van der Waals surface area contributed by atoms with Crippen LogP contribution in [0.3, 0.4) is 0 Å². The Hall–Kier alpha value is -1.34. The molecule has 0 atom stereocenters. The molecular weight excluding hydrogens is 407 g/mol. The summed E-state index contributed by atoms with van der Waals surface area (Å²) in [5, 5.41) is 7.76. The molecule has 0 bridgehead atoms. The van der Waals surface area contributed by atoms with Crippen LogP contribution in [0, 0.1) is 0 Å². The van der Waals surface area contributed by atoms with E-state index in [0.717, 1.165) is 34.0 Å². The van der Waals surface area contributed by atoms with Crippen molar-refractivity contribution in [3.63, 3.8) is 0 Å². The third kappa shape index (κ3) is 2.71. The molecule has 3 heterocycles. The number of nitrogens with zero attached hydrogens (tertiary/aromatic N) is 4. The fourth-order valence-electron chi connectivity index (χ4n) is 3.45. The van der Waals surface area contributed by atoms with E-state index in [2.05, 4.69) is 10.1 Å². The highest BCUT2D eigenvalue weighted by atomic mass is 35.5. The summed E-state index contributed by atoms with van der Waals surface area (Å²) in [5.74, 6) is 0.636. The van der Waals surface area contributed by atoms with Gasteiger partial charge in [0.25, 0.3) is 0 Å². The van der Waals surface area contributed by atoms with Crippen molar-refractivity contribution < 1.29 is 0 Å². The fourth-order valence-corrected chi connectivity index (χ4v) is 6.45. The summed E-state index contributed by atoms with van der Waals surface area (Å²) in [7, 11) is 0. The van der Waals surface area contributed by atoms with E-state index < -0.39 is 0 Å². The molecule has 132 valence electrons. The summed E-state index contributed by atoms with van der Waals surface area (Å²) in [6, 6.07) is 5.57. The van der Waals surface area contributed by atoms with Gasteiger partial charge in [0.15, 0.2) is 10.8 Å². The highest BCUT2D eigenvalue weighted by Crippen LogP contribution is 2.39. The summed E-state index contributed by atoms with van der Waals surface area (Å²) in [4.78, 5) is 12.0. The van der Waals surface area contributed by atoms with Crippen molar-refractivity contribution in [1.82, 2.24) is 19.6 Å². The second-order valence-corrected chi connectivity index (χ2v) is 9.11. The fraction of sp³-hybridized carbons (Fsp3) is 0.278. The van der Waals surface area contributed by atoms with E-state index in [1.165, 1.54) is 28.7 Å². The molecule has 0 N–H and O–H groups in total. The molecule has 5 rings (SSSR count). The first-order valence-electron chi connectivity index (χ1n) is 8.42. The molecule has 0 fully saturated rings. The number of hydrogen-bond acceptors (Lipinski definition) is 5. The van der Waals surface area contributed by atoms with Crippen molar-refractivity contribution >= 4 is 62.2 Å². The minimum atomic E-state index is 0.636. The molecular formula is C18H14Cl2N4S2. The molecule has 0 amide bonds. The largest absolute Gasteiger partial charge is 0.214 e. The maximum Gasteiger partial charge on any atom is 0.192 e. The van der Waals surface area contributed by atoms with Gasteiger partial charge in [-0.1, -0.05) is 41.0 Å². The van der Waals surface area contributed by atoms with Gasteiger partial charge in [-0.3, -0.25) is 0 Å². The van der Waals surface area contributed by atoms with Crippen LogP contribution in [0.25, 0.3) is 15.9 Å². The van der Waals surface area contributed by atoms with Crippen LogP contribution < -0.4 is 0 Å². The Kier molecular flexibility index (Phi) is 4.32. The van der Waals surface area contributed by atoms with E-state index in [-0.39, 0.29) is 0 Å². The molecule has 0 spiro atoms. The predicted octanol–water partition coefficient (Wildman–Crippen LogP) is 5.82. The Labute approximate surface area is 168 Å². The van der Waals surface area contributed by atoms with Gasteiger partial charge < -0.3 is 0 Å². The molecule has 0 saturated heterocycles. The average molecular weight is 421 g/mol. The van der Waals surface area contributed by atoms with Gasteiger partial charge in [-0.15, -0.1) is 11.3 Å². The van der Waals surface area contributed by atoms with Crippen LogP contribution in [0.4, 0.5) is 0 Å². The Morgan fingerprint density at radius 1 is 1.15 bits per heavy atom. The number of benzene rings is 1. The topological polar surface area (TPSA) is 43.1 Å². The monoisotopic (exact) mass is 420 g/mol. The number of aromatic nitrogens is 4. The third-order valence-corrected chi connectivity index (χ3v) is 7.56. The Morgan fingerprint density at radius 3 is 2.81 bits per heavy atom. The van der Waals surface area contributed by atoms with Crippen molar-refractivity contribution in [2.75, 3.05) is 0 Å². The molecule has 26 heavy (non-hydrogen) atoms. The standard InChI is InChI=1S/C18H14Cl2N4S2/c19-12-5-3-6-13(20)11(12)8-25-18-23-17-15(16-21-9-22-24(16)18)10-4-1-2-7-14(10)26-17/h3,5-6,9H,1-2,4,7-8H2. The second kappa shape index (κ2) is 6.68. The van der Waals surface area contributed by atoms with Crippen LogP contribution in [-0.4, -0.2) is 19.6 Å². The normalized spacial score (nSPS) is 14.2. The minimum Gasteiger partial charge on any atom is -0.214 e. The van der Waals surface area contributed by atoms with E-state index in [1.54, 1.807) is 29.4 Å². The first-order valence-corrected chi connectivity index (χ1v) is 11.0. The lowest BCUT2D eigenvalue weighted by molar-refractivity contribution is 0.700. The summed E-state index contributed by atoms with van der Waals surface area (Å²) in [6.07, 6.45) is 6.36. The lowest BCUT2D eigenvalue weighted by atomic mass is 9.97. The zero-order valence-electron chi connectivity index (χ0n) is 13.7. The van der Waals surface area contributed by atoms with Gasteiger partial charge in [0.1, 0.15) is 11.2 Å². The van der Waals surface area contributed by atoms with E-state index in [9.17, 15) is 0 Å². The van der Waals surface area contributed by atoms with Crippen molar-refractivity contribution in [2.45, 2.75) is 36.6 Å². The van der Waals surface area contributed by atoms with Gasteiger partial charge in [0.2, 0.25) is 0 Å². The van der Waals surface area contributed by atoms with Gasteiger partial charge in [-0.2, -0.15) is 9.61 Å². The maximum atomic E-state index is 6.31. The zero-order chi connectivity index (χ0) is 17.7. The second-order valence-electron chi connectivity index (χ2n) is 6.27. The number of fused-ring (bicyclic) bond motifs is 5. The highest BCUT2D eigenvalue weighted by molar-refractivity contribution is 7.98. The molecule has 3 aromatic heterocycles. The predicted molar refractivity (Wildman–Crippen MR) is 109 cm³/mol. The zero-order valence-corrected chi connectivity index (χ0v) is 16.9. The molecule has 1 aliphatic rings. The third-order valence-electron chi connectivity index (χ3n) is 4.71. The summed E-state index contributed by atoms with van der Waals surface area (Å²) in [5.41, 5.74) is 3.25. The molecule has 0 saturated carbocycles. The number of thioether (sulfide) groups is 1. The lowest BCUT2D eigenvalue weighted by Gasteiger charge is -2.10. The van der Waals surface area contributed by atoms with E-state index in [1.807, 2.05) is 22.7 Å². The smallest absolute Gasteiger partial charge is 0.192 e. The Bertz CT molecular complexity index is 1120. The molecule has 0 radical (unpaired) electrons. The molecule has 1 aliphatic carbocycles. The molecule has 1 aromatic carbocycles. The van der Waals surface area contributed by atoms with Crippen molar-refractivity contribution in [2.24, 2.45) is 0 Å². The van der Waals surface area contributed by atoms with E-state index in [0.29, 0.717) is 15.8 Å². The first-order chi connectivity index (χ1) is 12.7. The Morgan fingerprint density at radius 2 is 1.96 bits per heavy atom. The first kappa shape index (κ1) is 16.8. The minimum absolute atomic E-state index is 0.636. The number of hydrogen-bond donors (Lipinski definition) is 0. The van der Waals surface area contributed by atoms with Gasteiger partial charge in [-0.05, 0) is 48.9 Å². The van der Waals surface area contributed by atoms with Gasteiger partial charge >= 0.3 is 0 Å². The number of rotatable bonds is 3. The van der Waals surface area contributed by atoms with Crippen LogP contribution in [-0.2, 0) is 18.6 Å². The lowest BCUT2D eigenvalue weighted by Crippen LogP contribution is -2.01. The van der Waals surface area contributed by atoms with Crippen molar-refractivity contribution in [1.29, 1.82) is 0 Å². The van der Waals surface area contributed by atoms with Crippen LogP contribution in [0.5, 0.6) is 0 Å². The molecule has 0 unspecified atom stereocenters. The molecule has 4 aromatic rings. The summed E-state index contributed by atoms with van der Waals surface area (Å²) >= 11 is 16.0. The van der Waals surface area contributed by atoms with Crippen molar-refractivity contribution in [3.05, 3.63) is 50.6 Å². The molecule has 8 heteroatoms. The van der Waals surface area contributed by atoms with E-state index in [4.69, 9.17) is 28.2 Å². The van der Waals surface area contributed by atoms with Gasteiger partial charge in [0, 0.05) is 20.7 Å². The van der Waals surface area contributed by atoms with Crippen LogP contribution in [0.15, 0.2) is 29.7 Å². The maximum absolute atomic E-state index is 6.31.